The second-order valence-electron chi connectivity index (χ2n) is 4.20. The van der Waals surface area contributed by atoms with Crippen molar-refractivity contribution in [1.82, 2.24) is 0 Å². The van der Waals surface area contributed by atoms with Gasteiger partial charge in [-0.25, -0.2) is 4.39 Å². The van der Waals surface area contributed by atoms with E-state index < -0.39 is 0 Å². The van der Waals surface area contributed by atoms with Gasteiger partial charge >= 0.3 is 0 Å². The Morgan fingerprint density at radius 1 is 1.05 bits per heavy atom. The number of fused-ring (bicyclic) bond motifs is 1. The fraction of sp³-hybridized carbons (Fsp3) is 0.0667. The Morgan fingerprint density at radius 2 is 1.79 bits per heavy atom. The molecule has 1 aromatic heterocycles. The van der Waals surface area contributed by atoms with Gasteiger partial charge in [-0.3, -0.25) is 0 Å². The van der Waals surface area contributed by atoms with Gasteiger partial charge in [-0.15, -0.1) is 11.3 Å². The topological polar surface area (TPSA) is 12.0 Å². The molecule has 0 radical (unpaired) electrons. The Morgan fingerprint density at radius 3 is 2.53 bits per heavy atom. The van der Waals surface area contributed by atoms with E-state index in [1.807, 2.05) is 18.2 Å². The van der Waals surface area contributed by atoms with E-state index in [4.69, 9.17) is 11.6 Å². The molecular weight excluding hydrogens is 281 g/mol. The van der Waals surface area contributed by atoms with Gasteiger partial charge in [-0.2, -0.15) is 0 Å². The maximum Gasteiger partial charge on any atom is 0.123 e. The number of halogens is 2. The molecule has 0 aliphatic heterocycles. The molecule has 0 spiro atoms. The first-order valence-electron chi connectivity index (χ1n) is 5.89. The average Bonchev–Trinajstić information content (AvgIpc) is 2.76. The van der Waals surface area contributed by atoms with Crippen molar-refractivity contribution in [2.45, 2.75) is 6.54 Å². The summed E-state index contributed by atoms with van der Waals surface area (Å²) >= 11 is 8.04. The molecule has 0 fully saturated rings. The number of hydrogen-bond acceptors (Lipinski definition) is 2. The van der Waals surface area contributed by atoms with E-state index in [9.17, 15) is 4.39 Å². The van der Waals surface area contributed by atoms with Crippen LogP contribution in [0.4, 0.5) is 10.1 Å². The summed E-state index contributed by atoms with van der Waals surface area (Å²) in [6, 6.07) is 14.4. The number of thiophene rings is 1. The first kappa shape index (κ1) is 12.5. The quantitative estimate of drug-likeness (QED) is 0.690. The van der Waals surface area contributed by atoms with E-state index in [1.165, 1.54) is 16.8 Å². The van der Waals surface area contributed by atoms with E-state index in [-0.39, 0.29) is 5.82 Å². The maximum atomic E-state index is 12.8. The molecule has 96 valence electrons. The Hall–Kier alpha value is -1.58. The molecule has 0 bridgehead atoms. The van der Waals surface area contributed by atoms with E-state index in [2.05, 4.69) is 11.4 Å². The lowest BCUT2D eigenvalue weighted by molar-refractivity contribution is 0.628. The van der Waals surface area contributed by atoms with Crippen LogP contribution in [0.25, 0.3) is 10.1 Å². The Bertz CT molecular complexity index is 706. The van der Waals surface area contributed by atoms with Gasteiger partial charge in [-0.1, -0.05) is 29.8 Å². The van der Waals surface area contributed by atoms with Crippen molar-refractivity contribution < 1.29 is 4.39 Å². The Labute approximate surface area is 119 Å². The summed E-state index contributed by atoms with van der Waals surface area (Å²) in [4.78, 5) is 1.09. The van der Waals surface area contributed by atoms with Crippen LogP contribution in [-0.4, -0.2) is 0 Å². The van der Waals surface area contributed by atoms with Crippen molar-refractivity contribution in [2.24, 2.45) is 0 Å². The highest BCUT2D eigenvalue weighted by Gasteiger charge is 2.09. The monoisotopic (exact) mass is 291 g/mol. The van der Waals surface area contributed by atoms with Crippen molar-refractivity contribution in [3.63, 3.8) is 0 Å². The smallest absolute Gasteiger partial charge is 0.123 e. The zero-order chi connectivity index (χ0) is 13.2. The highest BCUT2D eigenvalue weighted by Crippen LogP contribution is 2.35. The number of benzene rings is 2. The molecule has 19 heavy (non-hydrogen) atoms. The molecule has 1 heterocycles. The second kappa shape index (κ2) is 5.19. The lowest BCUT2D eigenvalue weighted by Gasteiger charge is -2.04. The van der Waals surface area contributed by atoms with Crippen LogP contribution >= 0.6 is 22.9 Å². The van der Waals surface area contributed by atoms with Crippen LogP contribution in [0.1, 0.15) is 4.88 Å². The van der Waals surface area contributed by atoms with Crippen LogP contribution in [0.2, 0.25) is 5.02 Å². The normalized spacial score (nSPS) is 10.8. The van der Waals surface area contributed by atoms with Gasteiger partial charge in [0.15, 0.2) is 0 Å². The predicted molar refractivity (Wildman–Crippen MR) is 80.6 cm³/mol. The minimum absolute atomic E-state index is 0.231. The zero-order valence-corrected chi connectivity index (χ0v) is 11.6. The molecule has 0 amide bonds. The minimum Gasteiger partial charge on any atom is -0.380 e. The first-order valence-corrected chi connectivity index (χ1v) is 7.09. The van der Waals surface area contributed by atoms with E-state index in [0.29, 0.717) is 6.54 Å². The summed E-state index contributed by atoms with van der Waals surface area (Å²) in [7, 11) is 0. The number of nitrogens with one attached hydrogen (secondary N) is 1. The summed E-state index contributed by atoms with van der Waals surface area (Å²) in [6.07, 6.45) is 0. The number of rotatable bonds is 3. The van der Waals surface area contributed by atoms with Gasteiger partial charge in [0.2, 0.25) is 0 Å². The molecule has 2 aromatic carbocycles. The SMILES string of the molecule is Fc1ccc(NCc2sc3ccccc3c2Cl)cc1. The predicted octanol–water partition coefficient (Wildman–Crippen LogP) is 5.31. The minimum atomic E-state index is -0.231. The summed E-state index contributed by atoms with van der Waals surface area (Å²) in [6.45, 7) is 0.643. The standard InChI is InChI=1S/C15H11ClFNS/c16-15-12-3-1-2-4-13(12)19-14(15)9-18-11-7-5-10(17)6-8-11/h1-8,18H,9H2. The van der Waals surface area contributed by atoms with Gasteiger partial charge in [0.1, 0.15) is 5.82 Å². The molecule has 0 aliphatic carbocycles. The third-order valence-corrected chi connectivity index (χ3v) is 4.61. The molecule has 1 N–H and O–H groups in total. The molecule has 0 aliphatic rings. The van der Waals surface area contributed by atoms with Crippen LogP contribution in [0.3, 0.4) is 0 Å². The summed E-state index contributed by atoms with van der Waals surface area (Å²) < 4.78 is 14.0. The van der Waals surface area contributed by atoms with Crippen LogP contribution in [0.15, 0.2) is 48.5 Å². The molecule has 1 nitrogen and oxygen atoms in total. The zero-order valence-electron chi connectivity index (χ0n) is 9.99. The van der Waals surface area contributed by atoms with Gasteiger partial charge in [-0.05, 0) is 30.3 Å². The summed E-state index contributed by atoms with van der Waals surface area (Å²) in [5.74, 6) is -0.231. The van der Waals surface area contributed by atoms with Gasteiger partial charge < -0.3 is 5.32 Å². The van der Waals surface area contributed by atoms with Crippen LogP contribution < -0.4 is 5.32 Å². The van der Waals surface area contributed by atoms with Gasteiger partial charge in [0.25, 0.3) is 0 Å². The van der Waals surface area contributed by atoms with Crippen LogP contribution in [0, 0.1) is 5.82 Å². The van der Waals surface area contributed by atoms with Gasteiger partial charge in [0.05, 0.1) is 11.6 Å². The maximum absolute atomic E-state index is 12.8. The highest BCUT2D eigenvalue weighted by molar-refractivity contribution is 7.19. The second-order valence-corrected chi connectivity index (χ2v) is 5.71. The van der Waals surface area contributed by atoms with Crippen molar-refractivity contribution in [1.29, 1.82) is 0 Å². The molecule has 3 rings (SSSR count). The fourth-order valence-electron chi connectivity index (χ4n) is 1.93. The lowest BCUT2D eigenvalue weighted by Crippen LogP contribution is -1.97. The summed E-state index contributed by atoms with van der Waals surface area (Å²) in [5.41, 5.74) is 0.884. The van der Waals surface area contributed by atoms with Gasteiger partial charge in [0, 0.05) is 20.7 Å². The van der Waals surface area contributed by atoms with Crippen molar-refractivity contribution in [2.75, 3.05) is 5.32 Å². The van der Waals surface area contributed by atoms with Crippen LogP contribution in [-0.2, 0) is 6.54 Å². The number of anilines is 1. The molecule has 3 aromatic rings. The molecule has 0 saturated heterocycles. The van der Waals surface area contributed by atoms with Crippen molar-refractivity contribution in [3.05, 3.63) is 64.2 Å². The van der Waals surface area contributed by atoms with E-state index in [0.717, 1.165) is 21.0 Å². The molecule has 0 atom stereocenters. The van der Waals surface area contributed by atoms with Crippen molar-refractivity contribution >= 4 is 38.7 Å². The van der Waals surface area contributed by atoms with E-state index in [1.54, 1.807) is 23.5 Å². The fourth-order valence-corrected chi connectivity index (χ4v) is 3.37. The third-order valence-electron chi connectivity index (χ3n) is 2.90. The van der Waals surface area contributed by atoms with Crippen LogP contribution in [0.5, 0.6) is 0 Å². The Balaban J connectivity index is 1.82. The molecule has 0 saturated carbocycles. The first-order chi connectivity index (χ1) is 9.24. The molecule has 0 unspecified atom stereocenters. The van der Waals surface area contributed by atoms with Crippen molar-refractivity contribution in [3.8, 4) is 0 Å². The molecule has 4 heteroatoms. The lowest BCUT2D eigenvalue weighted by atomic mass is 10.2. The third kappa shape index (κ3) is 2.57. The Kier molecular flexibility index (Phi) is 3.40. The largest absolute Gasteiger partial charge is 0.380 e. The molecular formula is C15H11ClFNS. The average molecular weight is 292 g/mol. The summed E-state index contributed by atoms with van der Waals surface area (Å²) in [5, 5.41) is 5.14. The van der Waals surface area contributed by atoms with E-state index >= 15 is 0 Å². The number of hydrogen-bond donors (Lipinski definition) is 1. The highest BCUT2D eigenvalue weighted by atomic mass is 35.5.